The monoisotopic (exact) mass is 444 g/mol. The maximum absolute atomic E-state index is 12.3. The first-order valence-corrected chi connectivity index (χ1v) is 9.16. The molecule has 0 spiro atoms. The molecule has 0 saturated heterocycles. The molecule has 3 rings (SSSR count). The van der Waals surface area contributed by atoms with Gasteiger partial charge in [0, 0.05) is 33.7 Å². The van der Waals surface area contributed by atoms with Crippen molar-refractivity contribution in [2.24, 2.45) is 0 Å². The quantitative estimate of drug-likeness (QED) is 0.572. The molecule has 1 aromatic heterocycles. The van der Waals surface area contributed by atoms with Gasteiger partial charge in [0.25, 0.3) is 5.91 Å². The van der Waals surface area contributed by atoms with Gasteiger partial charge in [0.2, 0.25) is 11.7 Å². The van der Waals surface area contributed by atoms with E-state index in [4.69, 9.17) is 9.15 Å². The molecule has 8 heteroatoms. The van der Waals surface area contributed by atoms with Crippen LogP contribution in [-0.2, 0) is 14.3 Å². The first-order valence-electron chi connectivity index (χ1n) is 8.37. The number of halogens is 1. The molecule has 0 aliphatic heterocycles. The van der Waals surface area contributed by atoms with Crippen LogP contribution in [0.3, 0.4) is 0 Å². The summed E-state index contributed by atoms with van der Waals surface area (Å²) >= 11 is 3.38. The summed E-state index contributed by atoms with van der Waals surface area (Å²) in [6.45, 7) is 2.71. The van der Waals surface area contributed by atoms with Crippen LogP contribution in [0.15, 0.2) is 51.4 Å². The maximum Gasteiger partial charge on any atom is 0.375 e. The van der Waals surface area contributed by atoms with Crippen molar-refractivity contribution in [3.63, 3.8) is 0 Å². The molecule has 0 fully saturated rings. The first kappa shape index (κ1) is 19.6. The molecular weight excluding hydrogens is 428 g/mol. The molecule has 3 aromatic rings. The minimum atomic E-state index is -0.707. The largest absolute Gasteiger partial charge is 0.450 e. The van der Waals surface area contributed by atoms with Crippen LogP contribution < -0.4 is 10.6 Å². The zero-order valence-corrected chi connectivity index (χ0v) is 16.8. The van der Waals surface area contributed by atoms with Crippen molar-refractivity contribution in [1.29, 1.82) is 0 Å². The number of carbonyl (C=O) groups is 3. The molecule has 2 aromatic carbocycles. The van der Waals surface area contributed by atoms with Crippen LogP contribution in [0.25, 0.3) is 11.0 Å². The predicted molar refractivity (Wildman–Crippen MR) is 108 cm³/mol. The fraction of sp³-hybridized carbons (Fsp3) is 0.150. The van der Waals surface area contributed by atoms with E-state index < -0.39 is 18.5 Å². The van der Waals surface area contributed by atoms with Gasteiger partial charge in [-0.3, -0.25) is 9.59 Å². The summed E-state index contributed by atoms with van der Waals surface area (Å²) in [7, 11) is 0. The van der Waals surface area contributed by atoms with Crippen molar-refractivity contribution in [3.8, 4) is 0 Å². The number of esters is 1. The van der Waals surface area contributed by atoms with Crippen molar-refractivity contribution in [1.82, 2.24) is 0 Å². The van der Waals surface area contributed by atoms with Crippen LogP contribution in [0, 0.1) is 6.92 Å². The highest BCUT2D eigenvalue weighted by Gasteiger charge is 2.20. The van der Waals surface area contributed by atoms with Gasteiger partial charge in [-0.05, 0) is 49.4 Å². The Morgan fingerprint density at radius 2 is 1.68 bits per heavy atom. The molecule has 144 valence electrons. The number of rotatable bonds is 5. The molecule has 0 atom stereocenters. The van der Waals surface area contributed by atoms with Gasteiger partial charge < -0.3 is 19.8 Å². The Bertz CT molecular complexity index is 1060. The molecule has 0 unspecified atom stereocenters. The second-order valence-electron chi connectivity index (χ2n) is 6.08. The van der Waals surface area contributed by atoms with Gasteiger partial charge >= 0.3 is 5.97 Å². The summed E-state index contributed by atoms with van der Waals surface area (Å²) in [5.74, 6) is -1.31. The first-order chi connectivity index (χ1) is 13.3. The van der Waals surface area contributed by atoms with Crippen LogP contribution in [0.5, 0.6) is 0 Å². The zero-order valence-electron chi connectivity index (χ0n) is 15.2. The zero-order chi connectivity index (χ0) is 20.3. The minimum Gasteiger partial charge on any atom is -0.450 e. The molecule has 7 nitrogen and oxygen atoms in total. The van der Waals surface area contributed by atoms with E-state index >= 15 is 0 Å². The molecule has 0 bridgehead atoms. The highest BCUT2D eigenvalue weighted by molar-refractivity contribution is 9.10. The third kappa shape index (κ3) is 4.58. The molecule has 0 aliphatic rings. The number of hydrogen-bond acceptors (Lipinski definition) is 5. The lowest BCUT2D eigenvalue weighted by Crippen LogP contribution is -2.21. The Labute approximate surface area is 169 Å². The normalized spacial score (nSPS) is 10.5. The van der Waals surface area contributed by atoms with Gasteiger partial charge in [-0.15, -0.1) is 0 Å². The molecule has 0 aliphatic carbocycles. The van der Waals surface area contributed by atoms with Gasteiger partial charge in [-0.2, -0.15) is 0 Å². The van der Waals surface area contributed by atoms with Crippen molar-refractivity contribution in [2.75, 3.05) is 17.2 Å². The summed E-state index contributed by atoms with van der Waals surface area (Å²) in [6.07, 6.45) is 0. The van der Waals surface area contributed by atoms with Crippen molar-refractivity contribution < 1.29 is 23.5 Å². The fourth-order valence-corrected chi connectivity index (χ4v) is 2.98. The van der Waals surface area contributed by atoms with Gasteiger partial charge in [-0.25, -0.2) is 4.79 Å². The number of nitrogens with one attached hydrogen (secondary N) is 2. The predicted octanol–water partition coefficient (Wildman–Crippen LogP) is 4.26. The standard InChI is InChI=1S/C20H17BrN2O5/c1-11-16-9-13(21)3-8-17(16)28-19(11)20(26)27-10-18(25)23-15-6-4-14(5-7-15)22-12(2)24/h3-9H,10H2,1-2H3,(H,22,24)(H,23,25). The summed E-state index contributed by atoms with van der Waals surface area (Å²) in [5.41, 5.74) is 2.34. The Hall–Kier alpha value is -3.13. The topological polar surface area (TPSA) is 97.6 Å². The Kier molecular flexibility index (Phi) is 5.79. The van der Waals surface area contributed by atoms with E-state index in [0.29, 0.717) is 22.5 Å². The highest BCUT2D eigenvalue weighted by atomic mass is 79.9. The fourth-order valence-electron chi connectivity index (χ4n) is 2.62. The number of hydrogen-bond donors (Lipinski definition) is 2. The Balaban J connectivity index is 1.59. The number of ether oxygens (including phenoxy) is 1. The van der Waals surface area contributed by atoms with Crippen LogP contribution in [0.4, 0.5) is 11.4 Å². The van der Waals surface area contributed by atoms with E-state index in [-0.39, 0.29) is 11.7 Å². The van der Waals surface area contributed by atoms with Crippen LogP contribution in [0.2, 0.25) is 0 Å². The van der Waals surface area contributed by atoms with Crippen molar-refractivity contribution in [2.45, 2.75) is 13.8 Å². The molecule has 2 N–H and O–H groups in total. The Morgan fingerprint density at radius 3 is 2.32 bits per heavy atom. The third-order valence-electron chi connectivity index (χ3n) is 3.91. The summed E-state index contributed by atoms with van der Waals surface area (Å²) < 4.78 is 11.5. The van der Waals surface area contributed by atoms with Gasteiger partial charge in [-0.1, -0.05) is 15.9 Å². The lowest BCUT2D eigenvalue weighted by atomic mass is 10.1. The lowest BCUT2D eigenvalue weighted by Gasteiger charge is -2.07. The SMILES string of the molecule is CC(=O)Nc1ccc(NC(=O)COC(=O)c2oc3ccc(Br)cc3c2C)cc1. The molecule has 2 amide bonds. The smallest absolute Gasteiger partial charge is 0.375 e. The lowest BCUT2D eigenvalue weighted by molar-refractivity contribution is -0.119. The van der Waals surface area contributed by atoms with Gasteiger partial charge in [0.15, 0.2) is 6.61 Å². The maximum atomic E-state index is 12.3. The average molecular weight is 445 g/mol. The van der Waals surface area contributed by atoms with E-state index in [9.17, 15) is 14.4 Å². The number of anilines is 2. The van der Waals surface area contributed by atoms with E-state index in [0.717, 1.165) is 9.86 Å². The second-order valence-corrected chi connectivity index (χ2v) is 7.00. The van der Waals surface area contributed by atoms with Crippen LogP contribution in [-0.4, -0.2) is 24.4 Å². The van der Waals surface area contributed by atoms with Gasteiger partial charge in [0.05, 0.1) is 0 Å². The molecule has 0 radical (unpaired) electrons. The number of amides is 2. The van der Waals surface area contributed by atoms with Crippen molar-refractivity contribution >= 4 is 56.1 Å². The number of aryl methyl sites for hydroxylation is 1. The molecular formula is C20H17BrN2O5. The van der Waals surface area contributed by atoms with E-state index in [1.807, 2.05) is 12.1 Å². The Morgan fingerprint density at radius 1 is 1.04 bits per heavy atom. The van der Waals surface area contributed by atoms with E-state index in [2.05, 4.69) is 26.6 Å². The summed E-state index contributed by atoms with van der Waals surface area (Å²) in [6, 6.07) is 12.0. The van der Waals surface area contributed by atoms with E-state index in [1.54, 1.807) is 37.3 Å². The van der Waals surface area contributed by atoms with Crippen LogP contribution in [0.1, 0.15) is 23.0 Å². The van der Waals surface area contributed by atoms with Crippen LogP contribution >= 0.6 is 15.9 Å². The molecule has 0 saturated carbocycles. The number of benzene rings is 2. The average Bonchev–Trinajstić information content (AvgIpc) is 2.97. The summed E-state index contributed by atoms with van der Waals surface area (Å²) in [5, 5.41) is 6.04. The van der Waals surface area contributed by atoms with E-state index in [1.165, 1.54) is 6.92 Å². The number of furan rings is 1. The minimum absolute atomic E-state index is 0.0700. The third-order valence-corrected chi connectivity index (χ3v) is 4.40. The number of fused-ring (bicyclic) bond motifs is 1. The van der Waals surface area contributed by atoms with Crippen molar-refractivity contribution in [3.05, 3.63) is 58.3 Å². The highest BCUT2D eigenvalue weighted by Crippen LogP contribution is 2.28. The second kappa shape index (κ2) is 8.26. The summed E-state index contributed by atoms with van der Waals surface area (Å²) in [4.78, 5) is 35.3. The molecule has 1 heterocycles. The van der Waals surface area contributed by atoms with Gasteiger partial charge in [0.1, 0.15) is 5.58 Å². The number of carbonyl (C=O) groups excluding carboxylic acids is 3. The molecule has 28 heavy (non-hydrogen) atoms.